The number of aromatic hydroxyl groups is 1. The van der Waals surface area contributed by atoms with Gasteiger partial charge in [-0.15, -0.1) is 0 Å². The van der Waals surface area contributed by atoms with Crippen LogP contribution < -0.4 is 10.6 Å². The fourth-order valence-electron chi connectivity index (χ4n) is 1.79. The van der Waals surface area contributed by atoms with Crippen LogP contribution in [0.5, 0.6) is 5.75 Å². The first-order chi connectivity index (χ1) is 10.3. The van der Waals surface area contributed by atoms with E-state index in [2.05, 4.69) is 15.6 Å². The number of benzene rings is 1. The lowest BCUT2D eigenvalue weighted by molar-refractivity contribution is 0.143. The minimum Gasteiger partial charge on any atom is -0.508 e. The van der Waals surface area contributed by atoms with Gasteiger partial charge in [-0.1, -0.05) is 12.1 Å². The van der Waals surface area contributed by atoms with Crippen LogP contribution in [0.2, 0.25) is 0 Å². The molecule has 0 aliphatic heterocycles. The van der Waals surface area contributed by atoms with Crippen molar-refractivity contribution in [3.8, 4) is 5.75 Å². The smallest absolute Gasteiger partial charge is 0.191 e. The van der Waals surface area contributed by atoms with Gasteiger partial charge >= 0.3 is 0 Å². The van der Waals surface area contributed by atoms with Crippen LogP contribution in [0, 0.1) is 0 Å². The van der Waals surface area contributed by atoms with E-state index >= 15 is 0 Å². The highest BCUT2D eigenvalue weighted by Gasteiger charge is 1.98. The molecular weight excluding hydrogens is 266 g/mol. The Morgan fingerprint density at radius 3 is 2.57 bits per heavy atom. The average Bonchev–Trinajstić information content (AvgIpc) is 2.49. The molecule has 0 unspecified atom stereocenters. The molecule has 0 atom stereocenters. The third-order valence-corrected chi connectivity index (χ3v) is 2.91. The van der Waals surface area contributed by atoms with Crippen LogP contribution in [0.25, 0.3) is 0 Å². The number of aliphatic imine (C=N–C) groups is 1. The first kappa shape index (κ1) is 17.3. The monoisotopic (exact) mass is 293 g/mol. The van der Waals surface area contributed by atoms with Gasteiger partial charge in [-0.25, -0.2) is 4.99 Å². The number of phenolic OH excluding ortho intramolecular Hbond substituents is 1. The van der Waals surface area contributed by atoms with E-state index in [1.807, 2.05) is 26.0 Å². The zero-order valence-electron chi connectivity index (χ0n) is 13.1. The molecule has 3 N–H and O–H groups in total. The molecule has 0 saturated heterocycles. The number of rotatable bonds is 9. The van der Waals surface area contributed by atoms with Crippen molar-refractivity contribution in [2.24, 2.45) is 4.99 Å². The molecule has 0 saturated carbocycles. The lowest BCUT2D eigenvalue weighted by Gasteiger charge is -2.11. The van der Waals surface area contributed by atoms with E-state index in [0.717, 1.165) is 50.7 Å². The van der Waals surface area contributed by atoms with Crippen molar-refractivity contribution in [1.29, 1.82) is 0 Å². The molecule has 21 heavy (non-hydrogen) atoms. The summed E-state index contributed by atoms with van der Waals surface area (Å²) in [5.41, 5.74) is 1.07. The third-order valence-electron chi connectivity index (χ3n) is 2.91. The number of guanidine groups is 1. The Balaban J connectivity index is 2.33. The van der Waals surface area contributed by atoms with Crippen LogP contribution in [0.1, 0.15) is 32.3 Å². The molecule has 5 heteroatoms. The van der Waals surface area contributed by atoms with E-state index in [1.54, 1.807) is 12.1 Å². The first-order valence-electron chi connectivity index (χ1n) is 7.64. The van der Waals surface area contributed by atoms with Crippen LogP contribution in [0.4, 0.5) is 0 Å². The standard InChI is InChI=1S/C16H27N3O2/c1-3-17-16(18-11-5-6-12-21-4-2)19-13-14-7-9-15(20)10-8-14/h7-10,20H,3-6,11-13H2,1-2H3,(H2,17,18,19). The van der Waals surface area contributed by atoms with E-state index in [0.29, 0.717) is 6.54 Å². The summed E-state index contributed by atoms with van der Waals surface area (Å²) in [4.78, 5) is 4.53. The summed E-state index contributed by atoms with van der Waals surface area (Å²) >= 11 is 0. The van der Waals surface area contributed by atoms with E-state index in [-0.39, 0.29) is 5.75 Å². The fourth-order valence-corrected chi connectivity index (χ4v) is 1.79. The Bertz CT molecular complexity index is 404. The number of unbranched alkanes of at least 4 members (excludes halogenated alkanes) is 1. The molecular formula is C16H27N3O2. The van der Waals surface area contributed by atoms with Gasteiger partial charge in [0, 0.05) is 26.3 Å². The molecule has 118 valence electrons. The van der Waals surface area contributed by atoms with Crippen molar-refractivity contribution in [3.63, 3.8) is 0 Å². The molecule has 0 aliphatic carbocycles. The second-order valence-electron chi connectivity index (χ2n) is 4.69. The first-order valence-corrected chi connectivity index (χ1v) is 7.64. The summed E-state index contributed by atoms with van der Waals surface area (Å²) < 4.78 is 5.31. The van der Waals surface area contributed by atoms with Gasteiger partial charge < -0.3 is 20.5 Å². The Labute approximate surface area is 127 Å². The van der Waals surface area contributed by atoms with Gasteiger partial charge in [-0.05, 0) is 44.4 Å². The lowest BCUT2D eigenvalue weighted by atomic mass is 10.2. The molecule has 5 nitrogen and oxygen atoms in total. The highest BCUT2D eigenvalue weighted by molar-refractivity contribution is 5.79. The van der Waals surface area contributed by atoms with Crippen molar-refractivity contribution < 1.29 is 9.84 Å². The number of ether oxygens (including phenoxy) is 1. The quantitative estimate of drug-likeness (QED) is 0.371. The summed E-state index contributed by atoms with van der Waals surface area (Å²) in [6.45, 7) is 7.97. The maximum absolute atomic E-state index is 9.25. The Kier molecular flexibility index (Phi) is 9.04. The zero-order chi connectivity index (χ0) is 15.3. The third kappa shape index (κ3) is 8.19. The van der Waals surface area contributed by atoms with E-state index in [4.69, 9.17) is 4.74 Å². The molecule has 0 spiro atoms. The molecule has 0 aromatic heterocycles. The molecule has 0 bridgehead atoms. The topological polar surface area (TPSA) is 65.9 Å². The number of hydrogen-bond acceptors (Lipinski definition) is 3. The highest BCUT2D eigenvalue weighted by atomic mass is 16.5. The van der Waals surface area contributed by atoms with Gasteiger partial charge in [-0.2, -0.15) is 0 Å². The number of phenols is 1. The maximum atomic E-state index is 9.25. The number of nitrogens with zero attached hydrogens (tertiary/aromatic N) is 1. The second-order valence-corrected chi connectivity index (χ2v) is 4.69. The van der Waals surface area contributed by atoms with Crippen molar-refractivity contribution in [2.75, 3.05) is 26.3 Å². The van der Waals surface area contributed by atoms with Gasteiger partial charge in [0.05, 0.1) is 6.54 Å². The van der Waals surface area contributed by atoms with E-state index in [9.17, 15) is 5.11 Å². The SMILES string of the molecule is CCNC(=NCc1ccc(O)cc1)NCCCCOCC. The molecule has 0 amide bonds. The number of hydrogen-bond donors (Lipinski definition) is 3. The van der Waals surface area contributed by atoms with Gasteiger partial charge in [0.1, 0.15) is 5.75 Å². The highest BCUT2D eigenvalue weighted by Crippen LogP contribution is 2.10. The minimum absolute atomic E-state index is 0.280. The molecule has 0 aliphatic rings. The Morgan fingerprint density at radius 1 is 1.14 bits per heavy atom. The van der Waals surface area contributed by atoms with Crippen molar-refractivity contribution in [1.82, 2.24) is 10.6 Å². The van der Waals surface area contributed by atoms with Gasteiger partial charge in [0.15, 0.2) is 5.96 Å². The summed E-state index contributed by atoms with van der Waals surface area (Å²) in [6, 6.07) is 7.12. The van der Waals surface area contributed by atoms with Crippen LogP contribution in [0.15, 0.2) is 29.3 Å². The van der Waals surface area contributed by atoms with Gasteiger partial charge in [-0.3, -0.25) is 0 Å². The molecule has 1 aromatic rings. The van der Waals surface area contributed by atoms with Crippen molar-refractivity contribution in [2.45, 2.75) is 33.2 Å². The summed E-state index contributed by atoms with van der Waals surface area (Å²) in [6.07, 6.45) is 2.11. The largest absolute Gasteiger partial charge is 0.508 e. The maximum Gasteiger partial charge on any atom is 0.191 e. The molecule has 0 radical (unpaired) electrons. The average molecular weight is 293 g/mol. The minimum atomic E-state index is 0.280. The lowest BCUT2D eigenvalue weighted by Crippen LogP contribution is -2.37. The second kappa shape index (κ2) is 11.0. The van der Waals surface area contributed by atoms with Crippen LogP contribution in [0.3, 0.4) is 0 Å². The van der Waals surface area contributed by atoms with E-state index < -0.39 is 0 Å². The zero-order valence-corrected chi connectivity index (χ0v) is 13.1. The number of nitrogens with one attached hydrogen (secondary N) is 2. The van der Waals surface area contributed by atoms with Crippen molar-refractivity contribution >= 4 is 5.96 Å². The summed E-state index contributed by atoms with van der Waals surface area (Å²) in [5, 5.41) is 15.8. The Hall–Kier alpha value is -1.75. The summed E-state index contributed by atoms with van der Waals surface area (Å²) in [5.74, 6) is 1.10. The molecule has 1 aromatic carbocycles. The fraction of sp³-hybridized carbons (Fsp3) is 0.562. The molecule has 0 fully saturated rings. The van der Waals surface area contributed by atoms with Crippen LogP contribution in [-0.4, -0.2) is 37.4 Å². The molecule has 1 rings (SSSR count). The van der Waals surface area contributed by atoms with Gasteiger partial charge in [0.25, 0.3) is 0 Å². The normalized spacial score (nSPS) is 11.4. The van der Waals surface area contributed by atoms with Crippen LogP contribution in [-0.2, 0) is 11.3 Å². The predicted octanol–water partition coefficient (Wildman–Crippen LogP) is 2.26. The Morgan fingerprint density at radius 2 is 1.90 bits per heavy atom. The van der Waals surface area contributed by atoms with Gasteiger partial charge in [0.2, 0.25) is 0 Å². The van der Waals surface area contributed by atoms with Crippen molar-refractivity contribution in [3.05, 3.63) is 29.8 Å². The van der Waals surface area contributed by atoms with E-state index in [1.165, 1.54) is 0 Å². The predicted molar refractivity (Wildman–Crippen MR) is 86.7 cm³/mol. The summed E-state index contributed by atoms with van der Waals surface area (Å²) in [7, 11) is 0. The molecule has 0 heterocycles. The van der Waals surface area contributed by atoms with Crippen LogP contribution >= 0.6 is 0 Å².